The number of fused-ring (bicyclic) bond motifs is 1. The molecule has 2 aliphatic rings. The zero-order valence-corrected chi connectivity index (χ0v) is 16.5. The van der Waals surface area contributed by atoms with Crippen molar-refractivity contribution in [1.82, 2.24) is 0 Å². The minimum absolute atomic E-state index is 0.0987. The Morgan fingerprint density at radius 1 is 1.35 bits per heavy atom. The van der Waals surface area contributed by atoms with Gasteiger partial charge in [0.2, 0.25) is 0 Å². The molecular weight excluding hydrogens is 358 g/mol. The predicted molar refractivity (Wildman–Crippen MR) is 99.4 cm³/mol. The second kappa shape index (κ2) is 8.42. The maximum atomic E-state index is 11.8. The summed E-state index contributed by atoms with van der Waals surface area (Å²) < 4.78 is 22.0. The highest BCUT2D eigenvalue weighted by molar-refractivity contribution is 6.63. The van der Waals surface area contributed by atoms with Gasteiger partial charge in [0.05, 0.1) is 12.1 Å². The third kappa shape index (κ3) is 4.05. The van der Waals surface area contributed by atoms with Gasteiger partial charge in [-0.05, 0) is 6.07 Å². The van der Waals surface area contributed by atoms with Crippen LogP contribution in [-0.4, -0.2) is 45.8 Å². The molecule has 142 valence electrons. The summed E-state index contributed by atoms with van der Waals surface area (Å²) in [6.45, 7) is 9.06. The van der Waals surface area contributed by atoms with E-state index in [0.717, 1.165) is 0 Å². The number of hydrogen-bond donors (Lipinski definition) is 0. The Morgan fingerprint density at radius 2 is 1.96 bits per heavy atom. The predicted octanol–water partition coefficient (Wildman–Crippen LogP) is 2.42. The molecule has 0 aromatic heterocycles. The molecule has 1 aromatic rings. The van der Waals surface area contributed by atoms with E-state index in [2.05, 4.69) is 0 Å². The summed E-state index contributed by atoms with van der Waals surface area (Å²) in [5.41, 5.74) is 1.51. The van der Waals surface area contributed by atoms with Crippen molar-refractivity contribution in [2.45, 2.75) is 40.2 Å². The first kappa shape index (κ1) is 20.7. The van der Waals surface area contributed by atoms with Crippen LogP contribution in [0.15, 0.2) is 6.07 Å². The molecule has 0 aliphatic carbocycles. The third-order valence-corrected chi connectivity index (χ3v) is 4.42. The smallest absolute Gasteiger partial charge is 0.477 e. The van der Waals surface area contributed by atoms with Gasteiger partial charge in [-0.2, -0.15) is 0 Å². The molecule has 1 fully saturated rings. The average Bonchev–Trinajstić information content (AvgIpc) is 3.09. The van der Waals surface area contributed by atoms with E-state index >= 15 is 0 Å². The van der Waals surface area contributed by atoms with Crippen molar-refractivity contribution in [2.75, 3.05) is 20.3 Å². The fourth-order valence-corrected chi connectivity index (χ4v) is 3.19. The molecule has 1 saturated heterocycles. The van der Waals surface area contributed by atoms with Crippen LogP contribution >= 0.6 is 11.6 Å². The van der Waals surface area contributed by atoms with Crippen molar-refractivity contribution in [3.8, 4) is 5.75 Å². The minimum Gasteiger partial charge on any atom is -0.477 e. The highest BCUT2D eigenvalue weighted by atomic mass is 35.5. The van der Waals surface area contributed by atoms with Crippen LogP contribution in [0.5, 0.6) is 5.75 Å². The Kier molecular flexibility index (Phi) is 6.72. The lowest BCUT2D eigenvalue weighted by Crippen LogP contribution is -2.49. The van der Waals surface area contributed by atoms with Gasteiger partial charge in [0.1, 0.15) is 12.0 Å². The molecule has 8 heteroatoms. The largest absolute Gasteiger partial charge is 0.495 e. The van der Waals surface area contributed by atoms with Gasteiger partial charge in [0.15, 0.2) is 6.10 Å². The molecule has 2 heterocycles. The second-order valence-electron chi connectivity index (χ2n) is 6.74. The quantitative estimate of drug-likeness (QED) is 0.454. The second-order valence-corrected chi connectivity index (χ2v) is 7.15. The molecule has 1 aromatic carbocycles. The van der Waals surface area contributed by atoms with E-state index in [1.807, 2.05) is 27.7 Å². The Balaban J connectivity index is 0.00000117. The molecule has 0 bridgehead atoms. The lowest BCUT2D eigenvalue weighted by atomic mass is 9.70. The van der Waals surface area contributed by atoms with Gasteiger partial charge in [-0.15, -0.1) is 0 Å². The van der Waals surface area contributed by atoms with Crippen molar-refractivity contribution in [2.24, 2.45) is 5.41 Å². The van der Waals surface area contributed by atoms with E-state index in [1.165, 1.54) is 13.2 Å². The number of carbonyl (C=O) groups excluding carboxylic acids is 2. The van der Waals surface area contributed by atoms with Crippen molar-refractivity contribution < 1.29 is 28.4 Å². The van der Waals surface area contributed by atoms with Crippen LogP contribution in [0.4, 0.5) is 0 Å². The Hall–Kier alpha value is -1.57. The summed E-state index contributed by atoms with van der Waals surface area (Å²) in [7, 11) is 0.605. The van der Waals surface area contributed by atoms with Crippen molar-refractivity contribution >= 4 is 36.4 Å². The number of rotatable bonds is 3. The highest BCUT2D eigenvalue weighted by Gasteiger charge is 2.41. The number of carbonyl (C=O) groups is 2. The van der Waals surface area contributed by atoms with Crippen molar-refractivity contribution in [3.05, 3.63) is 22.2 Å². The minimum atomic E-state index is -0.789. The molecule has 0 spiro atoms. The monoisotopic (exact) mass is 382 g/mol. The lowest BCUT2D eigenvalue weighted by molar-refractivity contribution is -0.147. The first-order valence-electron chi connectivity index (χ1n) is 8.64. The van der Waals surface area contributed by atoms with Crippen molar-refractivity contribution in [1.29, 1.82) is 0 Å². The van der Waals surface area contributed by atoms with Crippen LogP contribution in [0.1, 0.15) is 43.6 Å². The van der Waals surface area contributed by atoms with Gasteiger partial charge in [-0.1, -0.05) is 39.3 Å². The molecule has 1 unspecified atom stereocenters. The van der Waals surface area contributed by atoms with Gasteiger partial charge < -0.3 is 18.8 Å². The van der Waals surface area contributed by atoms with Crippen LogP contribution in [-0.2, 0) is 25.3 Å². The van der Waals surface area contributed by atoms with E-state index in [4.69, 9.17) is 30.4 Å². The maximum Gasteiger partial charge on any atom is 0.495 e. The third-order valence-electron chi connectivity index (χ3n) is 4.14. The van der Waals surface area contributed by atoms with Crippen LogP contribution in [0.25, 0.3) is 0 Å². The normalized spacial score (nSPS) is 20.4. The molecule has 26 heavy (non-hydrogen) atoms. The summed E-state index contributed by atoms with van der Waals surface area (Å²) >= 11 is 6.21. The van der Waals surface area contributed by atoms with Gasteiger partial charge >= 0.3 is 13.1 Å². The van der Waals surface area contributed by atoms with Crippen molar-refractivity contribution in [3.63, 3.8) is 0 Å². The fraction of sp³-hybridized carbons (Fsp3) is 0.556. The number of benzene rings is 1. The van der Waals surface area contributed by atoms with E-state index in [9.17, 15) is 9.59 Å². The fourth-order valence-electron chi connectivity index (χ4n) is 2.92. The van der Waals surface area contributed by atoms with Gasteiger partial charge in [0, 0.05) is 41.6 Å². The SMILES string of the molecule is CC.COC(=O)C1Cc2c(c(Cl)cc(C=O)c2B2OCC(C)(C)CO2)O1. The number of halogens is 1. The molecule has 6 nitrogen and oxygen atoms in total. The van der Waals surface area contributed by atoms with E-state index in [0.29, 0.717) is 41.8 Å². The Bertz CT molecular complexity index is 681. The highest BCUT2D eigenvalue weighted by Crippen LogP contribution is 2.37. The molecule has 1 atom stereocenters. The maximum absolute atomic E-state index is 11.8. The number of methoxy groups -OCH3 is 1. The summed E-state index contributed by atoms with van der Waals surface area (Å²) in [6, 6.07) is 1.51. The lowest BCUT2D eigenvalue weighted by Gasteiger charge is -2.34. The zero-order valence-electron chi connectivity index (χ0n) is 15.8. The number of aldehydes is 1. The Morgan fingerprint density at radius 3 is 2.50 bits per heavy atom. The van der Waals surface area contributed by atoms with E-state index in [1.54, 1.807) is 0 Å². The molecule has 0 amide bonds. The topological polar surface area (TPSA) is 71.1 Å². The summed E-state index contributed by atoms with van der Waals surface area (Å²) in [4.78, 5) is 23.3. The number of ether oxygens (including phenoxy) is 2. The Labute approximate surface area is 159 Å². The molecule has 2 aliphatic heterocycles. The van der Waals surface area contributed by atoms with Crippen LogP contribution < -0.4 is 10.2 Å². The standard InChI is InChI=1S/C16H18BClO6.C2H6/c1-16(2)7-22-17(23-8-16)13-9(6-19)4-11(18)14-10(13)5-12(24-14)15(20)21-3;1-2/h4,6,12H,5,7-8H2,1-3H3;1-2H3. The van der Waals surface area contributed by atoms with Crippen LogP contribution in [0, 0.1) is 5.41 Å². The summed E-state index contributed by atoms with van der Waals surface area (Å²) in [5.74, 6) is -0.114. The van der Waals surface area contributed by atoms with Gasteiger partial charge in [-0.3, -0.25) is 4.79 Å². The number of hydrogen-bond acceptors (Lipinski definition) is 6. The molecule has 0 N–H and O–H groups in total. The van der Waals surface area contributed by atoms with E-state index < -0.39 is 19.2 Å². The van der Waals surface area contributed by atoms with E-state index in [-0.39, 0.29) is 16.9 Å². The summed E-state index contributed by atoms with van der Waals surface area (Å²) in [6.07, 6.45) is 0.174. The molecule has 0 saturated carbocycles. The number of esters is 1. The van der Waals surface area contributed by atoms with Crippen LogP contribution in [0.2, 0.25) is 5.02 Å². The average molecular weight is 383 g/mol. The van der Waals surface area contributed by atoms with Gasteiger partial charge in [0.25, 0.3) is 0 Å². The zero-order chi connectivity index (χ0) is 19.5. The van der Waals surface area contributed by atoms with Gasteiger partial charge in [-0.25, -0.2) is 4.79 Å². The molecule has 3 rings (SSSR count). The van der Waals surface area contributed by atoms with Crippen LogP contribution in [0.3, 0.4) is 0 Å². The molecule has 0 radical (unpaired) electrons. The summed E-state index contributed by atoms with van der Waals surface area (Å²) in [5, 5.41) is 0.276. The first-order chi connectivity index (χ1) is 12.4. The molecular formula is C18H24BClO6. The first-order valence-corrected chi connectivity index (χ1v) is 9.02.